The summed E-state index contributed by atoms with van der Waals surface area (Å²) in [4.78, 5) is 14.7. The van der Waals surface area contributed by atoms with Crippen LogP contribution >= 0.6 is 28.3 Å². The second-order valence-electron chi connectivity index (χ2n) is 5.89. The van der Waals surface area contributed by atoms with Crippen molar-refractivity contribution in [2.45, 2.75) is 25.8 Å². The minimum atomic E-state index is 0. The van der Waals surface area contributed by atoms with Crippen LogP contribution in [0.15, 0.2) is 34.9 Å². The van der Waals surface area contributed by atoms with Crippen LogP contribution in [0.4, 0.5) is 0 Å². The van der Waals surface area contributed by atoms with Crippen molar-refractivity contribution >= 4 is 34.2 Å². The number of hydrogen-bond donors (Lipinski definition) is 1. The summed E-state index contributed by atoms with van der Waals surface area (Å²) < 4.78 is 2.81. The van der Waals surface area contributed by atoms with Crippen molar-refractivity contribution in [3.8, 4) is 5.69 Å². The molecule has 1 saturated heterocycles. The first-order chi connectivity index (χ1) is 11.1. The fourth-order valence-electron chi connectivity index (χ4n) is 3.03. The quantitative estimate of drug-likeness (QED) is 0.841. The van der Waals surface area contributed by atoms with Crippen LogP contribution in [0.2, 0.25) is 0 Å². The first-order valence-corrected chi connectivity index (χ1v) is 8.66. The molecule has 0 radical (unpaired) electrons. The van der Waals surface area contributed by atoms with Crippen molar-refractivity contribution in [2.24, 2.45) is 0 Å². The Morgan fingerprint density at radius 2 is 2.04 bits per heavy atom. The molecule has 0 unspecified atom stereocenters. The molecule has 0 atom stereocenters. The molecule has 1 aliphatic heterocycles. The maximum absolute atomic E-state index is 12.8. The summed E-state index contributed by atoms with van der Waals surface area (Å²) in [6.07, 6.45) is 3.69. The van der Waals surface area contributed by atoms with E-state index in [4.69, 9.17) is 0 Å². The zero-order chi connectivity index (χ0) is 16.4. The largest absolute Gasteiger partial charge is 0.338 e. The minimum Gasteiger partial charge on any atom is -0.338 e. The zero-order valence-corrected chi connectivity index (χ0v) is 16.2. The van der Waals surface area contributed by atoms with Gasteiger partial charge in [0.1, 0.15) is 0 Å². The van der Waals surface area contributed by atoms with Crippen LogP contribution in [0.25, 0.3) is 5.69 Å². The number of likely N-dealkylation sites (tertiary alicyclic amines) is 1. The molecule has 0 spiro atoms. The molecular formula is C17H22BrClN4O. The van der Waals surface area contributed by atoms with Gasteiger partial charge in [-0.05, 0) is 45.0 Å². The number of carbonyl (C=O) groups excluding carboxylic acids is 1. The van der Waals surface area contributed by atoms with E-state index < -0.39 is 0 Å². The molecule has 1 aromatic heterocycles. The Hall–Kier alpha value is -1.37. The van der Waals surface area contributed by atoms with E-state index in [0.717, 1.165) is 41.8 Å². The smallest absolute Gasteiger partial charge is 0.257 e. The average molecular weight is 414 g/mol. The normalized spacial score (nSPS) is 15.2. The van der Waals surface area contributed by atoms with Gasteiger partial charge in [0.2, 0.25) is 0 Å². The van der Waals surface area contributed by atoms with Crippen molar-refractivity contribution in [1.29, 1.82) is 0 Å². The topological polar surface area (TPSA) is 50.2 Å². The lowest BCUT2D eigenvalue weighted by molar-refractivity contribution is 0.0706. The lowest BCUT2D eigenvalue weighted by atomic mass is 10.0. The molecule has 1 aromatic carbocycles. The minimum absolute atomic E-state index is 0. The van der Waals surface area contributed by atoms with Gasteiger partial charge >= 0.3 is 0 Å². The van der Waals surface area contributed by atoms with Gasteiger partial charge in [0.25, 0.3) is 5.91 Å². The lowest BCUT2D eigenvalue weighted by Gasteiger charge is -2.31. The Balaban J connectivity index is 0.00000208. The zero-order valence-electron chi connectivity index (χ0n) is 13.8. The number of hydrogen-bond acceptors (Lipinski definition) is 3. The molecule has 2 heterocycles. The molecule has 5 nitrogen and oxygen atoms in total. The Kier molecular flexibility index (Phi) is 6.43. The second kappa shape index (κ2) is 8.14. The molecule has 0 bridgehead atoms. The Morgan fingerprint density at radius 1 is 1.33 bits per heavy atom. The van der Waals surface area contributed by atoms with Crippen LogP contribution in [0, 0.1) is 6.92 Å². The molecule has 0 saturated carbocycles. The molecular weight excluding hydrogens is 392 g/mol. The van der Waals surface area contributed by atoms with Crippen molar-refractivity contribution < 1.29 is 4.79 Å². The van der Waals surface area contributed by atoms with Crippen LogP contribution in [-0.2, 0) is 0 Å². The predicted molar refractivity (Wildman–Crippen MR) is 101 cm³/mol. The van der Waals surface area contributed by atoms with Crippen LogP contribution in [0.5, 0.6) is 0 Å². The van der Waals surface area contributed by atoms with Crippen molar-refractivity contribution in [3.05, 3.63) is 46.2 Å². The van der Waals surface area contributed by atoms with E-state index in [2.05, 4.69) is 26.3 Å². The fraction of sp³-hybridized carbons (Fsp3) is 0.412. The van der Waals surface area contributed by atoms with Gasteiger partial charge in [-0.3, -0.25) is 4.79 Å². The predicted octanol–water partition coefficient (Wildman–Crippen LogP) is 3.19. The molecule has 24 heavy (non-hydrogen) atoms. The van der Waals surface area contributed by atoms with Gasteiger partial charge in [-0.1, -0.05) is 22.0 Å². The van der Waals surface area contributed by atoms with Gasteiger partial charge in [-0.15, -0.1) is 12.4 Å². The van der Waals surface area contributed by atoms with Crippen LogP contribution in [0.3, 0.4) is 0 Å². The van der Waals surface area contributed by atoms with E-state index in [1.165, 1.54) is 0 Å². The summed E-state index contributed by atoms with van der Waals surface area (Å²) in [5, 5.41) is 7.70. The highest BCUT2D eigenvalue weighted by molar-refractivity contribution is 9.10. The van der Waals surface area contributed by atoms with E-state index in [9.17, 15) is 4.79 Å². The monoisotopic (exact) mass is 412 g/mol. The number of nitrogens with one attached hydrogen (secondary N) is 1. The number of halogens is 2. The Morgan fingerprint density at radius 3 is 2.67 bits per heavy atom. The standard InChI is InChI=1S/C17H21BrN4O.ClH/c1-12-16(17(23)21-8-6-14(19-2)7-9-21)11-20-22(12)15-5-3-4-13(18)10-15;/h3-5,10-11,14,19H,6-9H2,1-2H3;1H. The van der Waals surface area contributed by atoms with E-state index >= 15 is 0 Å². The summed E-state index contributed by atoms with van der Waals surface area (Å²) >= 11 is 3.47. The Bertz CT molecular complexity index is 710. The van der Waals surface area contributed by atoms with Gasteiger partial charge in [-0.25, -0.2) is 4.68 Å². The maximum atomic E-state index is 12.8. The molecule has 0 aliphatic carbocycles. The van der Waals surface area contributed by atoms with E-state index in [0.29, 0.717) is 11.6 Å². The number of nitrogens with zero attached hydrogens (tertiary/aromatic N) is 3. The highest BCUT2D eigenvalue weighted by atomic mass is 79.9. The first kappa shape index (κ1) is 19.0. The molecule has 1 N–H and O–H groups in total. The number of rotatable bonds is 3. The van der Waals surface area contributed by atoms with Gasteiger partial charge in [-0.2, -0.15) is 5.10 Å². The fourth-order valence-corrected chi connectivity index (χ4v) is 3.42. The highest BCUT2D eigenvalue weighted by Gasteiger charge is 2.25. The number of aromatic nitrogens is 2. The summed E-state index contributed by atoms with van der Waals surface area (Å²) in [7, 11) is 1.98. The van der Waals surface area contributed by atoms with Crippen molar-refractivity contribution in [1.82, 2.24) is 20.0 Å². The van der Waals surface area contributed by atoms with E-state index in [1.807, 2.05) is 47.8 Å². The second-order valence-corrected chi connectivity index (χ2v) is 6.81. The lowest BCUT2D eigenvalue weighted by Crippen LogP contribution is -2.44. The molecule has 1 fully saturated rings. The number of benzene rings is 1. The molecule has 130 valence electrons. The van der Waals surface area contributed by atoms with Crippen LogP contribution in [0.1, 0.15) is 28.9 Å². The van der Waals surface area contributed by atoms with Crippen molar-refractivity contribution in [3.63, 3.8) is 0 Å². The maximum Gasteiger partial charge on any atom is 0.257 e. The first-order valence-electron chi connectivity index (χ1n) is 7.87. The molecule has 7 heteroatoms. The summed E-state index contributed by atoms with van der Waals surface area (Å²) in [6.45, 7) is 3.54. The molecule has 3 rings (SSSR count). The van der Waals surface area contributed by atoms with Crippen LogP contribution in [-0.4, -0.2) is 46.8 Å². The number of amides is 1. The third kappa shape index (κ3) is 3.82. The molecule has 1 aliphatic rings. The van der Waals surface area contributed by atoms with Gasteiger partial charge in [0, 0.05) is 23.6 Å². The number of piperidine rings is 1. The van der Waals surface area contributed by atoms with E-state index in [1.54, 1.807) is 6.20 Å². The van der Waals surface area contributed by atoms with Crippen LogP contribution < -0.4 is 5.32 Å². The third-order valence-corrected chi connectivity index (χ3v) is 4.98. The number of carbonyl (C=O) groups is 1. The SMILES string of the molecule is CNC1CCN(C(=O)c2cnn(-c3cccc(Br)c3)c2C)CC1.Cl. The molecule has 2 aromatic rings. The summed E-state index contributed by atoms with van der Waals surface area (Å²) in [5.41, 5.74) is 2.52. The highest BCUT2D eigenvalue weighted by Crippen LogP contribution is 2.20. The summed E-state index contributed by atoms with van der Waals surface area (Å²) in [5.74, 6) is 0.0818. The average Bonchev–Trinajstić information content (AvgIpc) is 2.96. The van der Waals surface area contributed by atoms with Gasteiger partial charge < -0.3 is 10.2 Å². The Labute approximate surface area is 157 Å². The summed E-state index contributed by atoms with van der Waals surface area (Å²) in [6, 6.07) is 8.43. The van der Waals surface area contributed by atoms with Crippen molar-refractivity contribution in [2.75, 3.05) is 20.1 Å². The van der Waals surface area contributed by atoms with E-state index in [-0.39, 0.29) is 18.3 Å². The van der Waals surface area contributed by atoms with Gasteiger partial charge in [0.15, 0.2) is 0 Å². The third-order valence-electron chi connectivity index (χ3n) is 4.48. The van der Waals surface area contributed by atoms with Gasteiger partial charge in [0.05, 0.1) is 23.1 Å². The molecule has 1 amide bonds.